The van der Waals surface area contributed by atoms with Crippen molar-refractivity contribution in [2.75, 3.05) is 9.80 Å². The first-order chi connectivity index (χ1) is 37.7. The summed E-state index contributed by atoms with van der Waals surface area (Å²) < 4.78 is 2.38. The zero-order valence-electron chi connectivity index (χ0n) is 41.6. The zero-order valence-corrected chi connectivity index (χ0v) is 41.6. The normalized spacial score (nSPS) is 12.6. The molecule has 0 saturated heterocycles. The van der Waals surface area contributed by atoms with Crippen molar-refractivity contribution < 1.29 is 0 Å². The van der Waals surface area contributed by atoms with Crippen LogP contribution < -0.4 is 9.80 Å². The molecule has 2 aliphatic carbocycles. The Balaban J connectivity index is 0.915. The minimum Gasteiger partial charge on any atom is -0.310 e. The molecule has 13 aromatic rings. The molecule has 0 atom stereocenters. The molecule has 1 spiro atoms. The molecule has 356 valence electrons. The summed E-state index contributed by atoms with van der Waals surface area (Å²) in [7, 11) is 0. The van der Waals surface area contributed by atoms with Crippen molar-refractivity contribution >= 4 is 55.9 Å². The fraction of sp³-hybridized carbons (Fsp3) is 0.0137. The van der Waals surface area contributed by atoms with Crippen LogP contribution in [0.25, 0.3) is 72.0 Å². The van der Waals surface area contributed by atoms with Crippen molar-refractivity contribution in [1.29, 1.82) is 0 Å². The van der Waals surface area contributed by atoms with Gasteiger partial charge in [-0.2, -0.15) is 0 Å². The third-order valence-corrected chi connectivity index (χ3v) is 16.0. The second kappa shape index (κ2) is 17.6. The first kappa shape index (κ1) is 43.6. The van der Waals surface area contributed by atoms with Gasteiger partial charge >= 0.3 is 0 Å². The molecule has 3 nitrogen and oxygen atoms in total. The van der Waals surface area contributed by atoms with E-state index in [1.807, 2.05) is 0 Å². The molecule has 1 aromatic heterocycles. The molecule has 76 heavy (non-hydrogen) atoms. The molecule has 1 heterocycles. The number of anilines is 6. The van der Waals surface area contributed by atoms with E-state index in [2.05, 4.69) is 312 Å². The summed E-state index contributed by atoms with van der Waals surface area (Å²) in [6.07, 6.45) is 0. The minimum atomic E-state index is -0.465. The van der Waals surface area contributed by atoms with Crippen LogP contribution in [0, 0.1) is 0 Å². The number of aromatic nitrogens is 1. The molecule has 15 rings (SSSR count). The van der Waals surface area contributed by atoms with Gasteiger partial charge in [0.2, 0.25) is 0 Å². The quantitative estimate of drug-likeness (QED) is 0.143. The molecule has 3 heteroatoms. The Morgan fingerprint density at radius 2 is 0.671 bits per heavy atom. The molecule has 12 aromatic carbocycles. The van der Waals surface area contributed by atoms with Gasteiger partial charge in [0.05, 0.1) is 22.1 Å². The maximum absolute atomic E-state index is 2.48. The number of hydrogen-bond donors (Lipinski definition) is 0. The van der Waals surface area contributed by atoms with Crippen molar-refractivity contribution in [1.82, 2.24) is 4.57 Å². The first-order valence-corrected chi connectivity index (χ1v) is 26.3. The van der Waals surface area contributed by atoms with E-state index in [1.54, 1.807) is 0 Å². The van der Waals surface area contributed by atoms with Crippen LogP contribution in [0.3, 0.4) is 0 Å². The van der Waals surface area contributed by atoms with Crippen molar-refractivity contribution in [3.05, 3.63) is 320 Å². The molecule has 0 radical (unpaired) electrons. The van der Waals surface area contributed by atoms with E-state index < -0.39 is 5.41 Å². The Labute approximate surface area is 443 Å². The van der Waals surface area contributed by atoms with Crippen LogP contribution in [0.4, 0.5) is 34.1 Å². The van der Waals surface area contributed by atoms with E-state index in [1.165, 1.54) is 88.6 Å². The third kappa shape index (κ3) is 6.69. The van der Waals surface area contributed by atoms with Crippen LogP contribution in [0.2, 0.25) is 0 Å². The van der Waals surface area contributed by atoms with Gasteiger partial charge in [0.15, 0.2) is 0 Å². The molecule has 0 N–H and O–H groups in total. The molecule has 0 aliphatic heterocycles. The van der Waals surface area contributed by atoms with E-state index >= 15 is 0 Å². The van der Waals surface area contributed by atoms with Crippen LogP contribution in [-0.2, 0) is 5.41 Å². The van der Waals surface area contributed by atoms with Gasteiger partial charge in [-0.05, 0) is 152 Å². The second-order valence-electron chi connectivity index (χ2n) is 20.0. The lowest BCUT2D eigenvalue weighted by atomic mass is 9.70. The monoisotopic (exact) mass is 967 g/mol. The predicted octanol–water partition coefficient (Wildman–Crippen LogP) is 19.4. The van der Waals surface area contributed by atoms with E-state index in [-0.39, 0.29) is 0 Å². The molecule has 0 fully saturated rings. The Bertz CT molecular complexity index is 4270. The fourth-order valence-corrected chi connectivity index (χ4v) is 12.8. The molecule has 0 unspecified atom stereocenters. The van der Waals surface area contributed by atoms with Gasteiger partial charge in [-0.15, -0.1) is 0 Å². The van der Waals surface area contributed by atoms with Gasteiger partial charge in [-0.25, -0.2) is 0 Å². The van der Waals surface area contributed by atoms with Crippen molar-refractivity contribution in [2.45, 2.75) is 5.41 Å². The summed E-state index contributed by atoms with van der Waals surface area (Å²) in [5, 5.41) is 2.42. The molecule has 0 saturated carbocycles. The highest BCUT2D eigenvalue weighted by Gasteiger charge is 2.52. The third-order valence-electron chi connectivity index (χ3n) is 16.0. The maximum atomic E-state index is 2.48. The standard InChI is InChI=1S/C73H49N3/c1-4-19-50(20-5-1)52-35-39-55(40-36-52)74(59-47-48-70-64(49-59)62-27-13-17-33-69(62)76(70)54-23-8-3-9-24-54)56-43-45-58(46-44-56)75(57-41-37-53(38-42-57)51-21-6-2-7-22-51)71-34-18-32-68-72(71)63-28-12-16-31-67(63)73(68)65-29-14-10-25-60(65)61-26-11-15-30-66(61)73/h1-49H. The summed E-state index contributed by atoms with van der Waals surface area (Å²) in [6.45, 7) is 0. The van der Waals surface area contributed by atoms with Gasteiger partial charge in [0.25, 0.3) is 0 Å². The van der Waals surface area contributed by atoms with Gasteiger partial charge in [-0.3, -0.25) is 0 Å². The van der Waals surface area contributed by atoms with Gasteiger partial charge in [-0.1, -0.05) is 206 Å². The lowest BCUT2D eigenvalue weighted by Crippen LogP contribution is -2.26. The Morgan fingerprint density at radius 1 is 0.263 bits per heavy atom. The van der Waals surface area contributed by atoms with Crippen molar-refractivity contribution in [3.8, 4) is 50.2 Å². The smallest absolute Gasteiger partial charge is 0.0726 e. The number of benzene rings is 12. The summed E-state index contributed by atoms with van der Waals surface area (Å²) in [4.78, 5) is 4.88. The number of nitrogens with zero attached hydrogens (tertiary/aromatic N) is 3. The van der Waals surface area contributed by atoms with Gasteiger partial charge in [0, 0.05) is 50.5 Å². The topological polar surface area (TPSA) is 11.4 Å². The number of rotatable bonds is 9. The van der Waals surface area contributed by atoms with Crippen LogP contribution in [-0.4, -0.2) is 4.57 Å². The average molecular weight is 968 g/mol. The van der Waals surface area contributed by atoms with E-state index in [0.717, 1.165) is 39.8 Å². The van der Waals surface area contributed by atoms with Crippen LogP contribution >= 0.6 is 0 Å². The molecular weight excluding hydrogens is 919 g/mol. The summed E-state index contributed by atoms with van der Waals surface area (Å²) >= 11 is 0. The summed E-state index contributed by atoms with van der Waals surface area (Å²) in [5.41, 5.74) is 24.7. The number of hydrogen-bond acceptors (Lipinski definition) is 2. The Hall–Kier alpha value is -9.96. The zero-order chi connectivity index (χ0) is 50.2. The highest BCUT2D eigenvalue weighted by atomic mass is 15.2. The highest BCUT2D eigenvalue weighted by molar-refractivity contribution is 6.11. The lowest BCUT2D eigenvalue weighted by molar-refractivity contribution is 0.794. The SMILES string of the molecule is c1ccc(-c2ccc(N(c3ccc(N(c4ccc(-c5ccccc5)cc4)c4cccc5c4-c4ccccc4C54c5ccccc5-c5ccccc54)cc3)c3ccc4c(c3)c3ccccc3n4-c3ccccc3)cc2)cc1. The van der Waals surface area contributed by atoms with E-state index in [4.69, 9.17) is 0 Å². The molecule has 2 aliphatic rings. The van der Waals surface area contributed by atoms with E-state index in [9.17, 15) is 0 Å². The number of fused-ring (bicyclic) bond motifs is 13. The van der Waals surface area contributed by atoms with E-state index in [0.29, 0.717) is 0 Å². The van der Waals surface area contributed by atoms with Gasteiger partial charge in [0.1, 0.15) is 0 Å². The number of para-hydroxylation sites is 2. The second-order valence-corrected chi connectivity index (χ2v) is 20.0. The molecule has 0 amide bonds. The van der Waals surface area contributed by atoms with Crippen molar-refractivity contribution in [3.63, 3.8) is 0 Å². The molecular formula is C73H49N3. The largest absolute Gasteiger partial charge is 0.310 e. The average Bonchev–Trinajstić information content (AvgIpc) is 4.23. The highest BCUT2D eigenvalue weighted by Crippen LogP contribution is 2.64. The van der Waals surface area contributed by atoms with Crippen molar-refractivity contribution in [2.24, 2.45) is 0 Å². The minimum absolute atomic E-state index is 0.465. The van der Waals surface area contributed by atoms with Crippen LogP contribution in [0.15, 0.2) is 297 Å². The van der Waals surface area contributed by atoms with Crippen LogP contribution in [0.1, 0.15) is 22.3 Å². The fourth-order valence-electron chi connectivity index (χ4n) is 12.8. The first-order valence-electron chi connectivity index (χ1n) is 26.3. The summed E-state index contributed by atoms with van der Waals surface area (Å²) in [6, 6.07) is 109. The van der Waals surface area contributed by atoms with Crippen LogP contribution in [0.5, 0.6) is 0 Å². The Morgan fingerprint density at radius 3 is 1.25 bits per heavy atom. The lowest BCUT2D eigenvalue weighted by Gasteiger charge is -2.32. The maximum Gasteiger partial charge on any atom is 0.0726 e. The Kier molecular flexibility index (Phi) is 10.1. The van der Waals surface area contributed by atoms with Gasteiger partial charge < -0.3 is 14.4 Å². The summed E-state index contributed by atoms with van der Waals surface area (Å²) in [5.74, 6) is 0. The molecule has 0 bridgehead atoms. The predicted molar refractivity (Wildman–Crippen MR) is 317 cm³/mol.